The van der Waals surface area contributed by atoms with Crippen molar-refractivity contribution in [1.29, 1.82) is 0 Å². The van der Waals surface area contributed by atoms with Gasteiger partial charge in [-0.1, -0.05) is 75.2 Å². The van der Waals surface area contributed by atoms with E-state index in [9.17, 15) is 9.59 Å². The van der Waals surface area contributed by atoms with Gasteiger partial charge in [0, 0.05) is 24.2 Å². The summed E-state index contributed by atoms with van der Waals surface area (Å²) in [5.74, 6) is -1.40. The van der Waals surface area contributed by atoms with Crippen LogP contribution in [0.5, 0.6) is 0 Å². The lowest BCUT2D eigenvalue weighted by atomic mass is 9.96. The highest BCUT2D eigenvalue weighted by Crippen LogP contribution is 2.30. The van der Waals surface area contributed by atoms with Crippen molar-refractivity contribution in [2.75, 3.05) is 65.7 Å². The molecule has 10 heteroatoms. The number of carbonyl (C=O) groups is 2. The van der Waals surface area contributed by atoms with Crippen LogP contribution in [0.3, 0.4) is 0 Å². The third kappa shape index (κ3) is 15.4. The molecule has 0 aliphatic heterocycles. The van der Waals surface area contributed by atoms with Gasteiger partial charge in [0.15, 0.2) is 0 Å². The molecule has 0 radical (unpaired) electrons. The molecule has 61 heavy (non-hydrogen) atoms. The molecule has 0 N–H and O–H groups in total. The highest BCUT2D eigenvalue weighted by Gasteiger charge is 2.23. The summed E-state index contributed by atoms with van der Waals surface area (Å²) in [6.07, 6.45) is 2.39. The van der Waals surface area contributed by atoms with Gasteiger partial charge in [0.1, 0.15) is 31.8 Å². The largest absolute Gasteiger partial charge is 0.462 e. The first-order valence-corrected chi connectivity index (χ1v) is 22.5. The first-order chi connectivity index (χ1) is 29.4. The van der Waals surface area contributed by atoms with E-state index in [0.717, 1.165) is 110 Å². The molecule has 0 saturated carbocycles. The van der Waals surface area contributed by atoms with Gasteiger partial charge in [-0.05, 0) is 140 Å². The standard InChI is InChI=1S/C51H72N4O6/c1-11-21-54(22-12-2)25-27-58-46(42-17-15-19-44(52-42)50-38(7)29-36(5)30-39(50)8)34-60-48(56)33-49(57)61-35-47(59-28-26-55(23-13-3)24-14-4)43-18-16-20-45(53-43)51-40(9)31-37(6)32-41(51)10/h15-20,29-32,46-47H,11-14,21-28,33-35H2,1-10H3. The van der Waals surface area contributed by atoms with Gasteiger partial charge >= 0.3 is 11.9 Å². The number of hydrogen-bond acceptors (Lipinski definition) is 10. The maximum atomic E-state index is 13.3. The monoisotopic (exact) mass is 837 g/mol. The van der Waals surface area contributed by atoms with Gasteiger partial charge in [-0.2, -0.15) is 0 Å². The number of aromatic nitrogens is 2. The Kier molecular flexibility index (Phi) is 20.5. The lowest BCUT2D eigenvalue weighted by Crippen LogP contribution is -2.30. The SMILES string of the molecule is CCCN(CCC)CCOC(COC(=O)CC(=O)OCC(OCCN(CCC)CCC)c1cccc(-c2c(C)cc(C)cc2C)n1)c1cccc(-c2c(C)cc(C)cc2C)n1. The minimum Gasteiger partial charge on any atom is -0.462 e. The van der Waals surface area contributed by atoms with E-state index in [4.69, 9.17) is 28.9 Å². The average Bonchev–Trinajstić information content (AvgIpc) is 3.20. The number of hydrogen-bond donors (Lipinski definition) is 0. The van der Waals surface area contributed by atoms with E-state index in [1.54, 1.807) is 0 Å². The van der Waals surface area contributed by atoms with Crippen LogP contribution in [0.1, 0.15) is 117 Å². The number of ether oxygens (including phenoxy) is 4. The fourth-order valence-electron chi connectivity index (χ4n) is 8.29. The van der Waals surface area contributed by atoms with Crippen molar-refractivity contribution in [1.82, 2.24) is 19.8 Å². The van der Waals surface area contributed by atoms with E-state index >= 15 is 0 Å². The molecular weight excluding hydrogens is 765 g/mol. The van der Waals surface area contributed by atoms with Crippen molar-refractivity contribution in [2.24, 2.45) is 0 Å². The summed E-state index contributed by atoms with van der Waals surface area (Å²) in [6.45, 7) is 27.4. The average molecular weight is 837 g/mol. The van der Waals surface area contributed by atoms with E-state index in [0.29, 0.717) is 24.6 Å². The molecular formula is C51H72N4O6. The molecule has 0 amide bonds. The molecule has 10 nitrogen and oxygen atoms in total. The lowest BCUT2D eigenvalue weighted by molar-refractivity contribution is -0.159. The van der Waals surface area contributed by atoms with E-state index < -0.39 is 30.6 Å². The van der Waals surface area contributed by atoms with Crippen LogP contribution in [0.4, 0.5) is 0 Å². The quantitative estimate of drug-likeness (QED) is 0.0449. The predicted molar refractivity (Wildman–Crippen MR) is 246 cm³/mol. The number of pyridine rings is 2. The first-order valence-electron chi connectivity index (χ1n) is 22.5. The Labute approximate surface area is 366 Å². The normalized spacial score (nSPS) is 12.5. The second-order valence-electron chi connectivity index (χ2n) is 16.4. The van der Waals surface area contributed by atoms with Crippen molar-refractivity contribution >= 4 is 11.9 Å². The third-order valence-corrected chi connectivity index (χ3v) is 10.8. The van der Waals surface area contributed by atoms with Crippen LogP contribution < -0.4 is 0 Å². The zero-order chi connectivity index (χ0) is 44.3. The number of rotatable bonds is 26. The van der Waals surface area contributed by atoms with Gasteiger partial charge < -0.3 is 28.7 Å². The summed E-state index contributed by atoms with van der Waals surface area (Å²) in [7, 11) is 0. The maximum absolute atomic E-state index is 13.3. The topological polar surface area (TPSA) is 103 Å². The Hall–Kier alpha value is -4.48. The maximum Gasteiger partial charge on any atom is 0.317 e. The second kappa shape index (κ2) is 25.5. The molecule has 0 spiro atoms. The van der Waals surface area contributed by atoms with Crippen molar-refractivity contribution in [2.45, 2.75) is 114 Å². The molecule has 2 unspecified atom stereocenters. The molecule has 2 aromatic carbocycles. The molecule has 4 rings (SSSR count). The fraction of sp³-hybridized carbons (Fsp3) is 0.529. The van der Waals surface area contributed by atoms with E-state index in [1.807, 2.05) is 36.4 Å². The first kappa shape index (κ1) is 49.2. The van der Waals surface area contributed by atoms with Crippen LogP contribution in [0.2, 0.25) is 0 Å². The Morgan fingerprint density at radius 1 is 0.525 bits per heavy atom. The predicted octanol–water partition coefficient (Wildman–Crippen LogP) is 10.2. The highest BCUT2D eigenvalue weighted by atomic mass is 16.6. The Bertz CT molecular complexity index is 1800. The van der Waals surface area contributed by atoms with Crippen LogP contribution in [0.15, 0.2) is 60.7 Å². The smallest absolute Gasteiger partial charge is 0.317 e. The van der Waals surface area contributed by atoms with Crippen LogP contribution >= 0.6 is 0 Å². The van der Waals surface area contributed by atoms with Crippen molar-refractivity contribution in [3.8, 4) is 22.5 Å². The number of carbonyl (C=O) groups excluding carboxylic acids is 2. The van der Waals surface area contributed by atoms with Gasteiger partial charge in [0.2, 0.25) is 0 Å². The number of aryl methyl sites for hydroxylation is 6. The second-order valence-corrected chi connectivity index (χ2v) is 16.4. The van der Waals surface area contributed by atoms with Gasteiger partial charge in [-0.25, -0.2) is 9.97 Å². The van der Waals surface area contributed by atoms with Crippen molar-refractivity contribution in [3.05, 3.63) is 105 Å². The summed E-state index contributed by atoms with van der Waals surface area (Å²) in [5, 5.41) is 0. The van der Waals surface area contributed by atoms with E-state index in [-0.39, 0.29) is 13.2 Å². The highest BCUT2D eigenvalue weighted by molar-refractivity contribution is 5.91. The summed E-state index contributed by atoms with van der Waals surface area (Å²) in [4.78, 5) is 41.4. The molecule has 2 atom stereocenters. The van der Waals surface area contributed by atoms with Crippen LogP contribution in [0.25, 0.3) is 22.5 Å². The van der Waals surface area contributed by atoms with E-state index in [2.05, 4.69) is 103 Å². The summed E-state index contributed by atoms with van der Waals surface area (Å²) < 4.78 is 24.3. The molecule has 332 valence electrons. The minimum absolute atomic E-state index is 0.0949. The van der Waals surface area contributed by atoms with Crippen LogP contribution in [-0.2, 0) is 28.5 Å². The number of nitrogens with zero attached hydrogens (tertiary/aromatic N) is 4. The lowest BCUT2D eigenvalue weighted by Gasteiger charge is -2.24. The summed E-state index contributed by atoms with van der Waals surface area (Å²) in [6, 6.07) is 20.4. The molecule has 0 aliphatic rings. The van der Waals surface area contributed by atoms with Crippen molar-refractivity contribution in [3.63, 3.8) is 0 Å². The fourth-order valence-corrected chi connectivity index (χ4v) is 8.29. The summed E-state index contributed by atoms with van der Waals surface area (Å²) >= 11 is 0. The molecule has 0 fully saturated rings. The van der Waals surface area contributed by atoms with Gasteiger partial charge in [-0.3, -0.25) is 9.59 Å². The molecule has 0 saturated heterocycles. The summed E-state index contributed by atoms with van der Waals surface area (Å²) in [5.41, 5.74) is 12.1. The van der Waals surface area contributed by atoms with Crippen LogP contribution in [-0.4, -0.2) is 97.4 Å². The molecule has 4 aromatic rings. The Morgan fingerprint density at radius 2 is 0.869 bits per heavy atom. The zero-order valence-corrected chi connectivity index (χ0v) is 38.8. The van der Waals surface area contributed by atoms with Crippen molar-refractivity contribution < 1.29 is 28.5 Å². The zero-order valence-electron chi connectivity index (χ0n) is 38.8. The molecule has 2 aromatic heterocycles. The van der Waals surface area contributed by atoms with Gasteiger partial charge in [0.05, 0.1) is 36.0 Å². The van der Waals surface area contributed by atoms with Gasteiger partial charge in [0.25, 0.3) is 0 Å². The minimum atomic E-state index is -0.698. The Balaban J connectivity index is 1.47. The molecule has 0 bridgehead atoms. The van der Waals surface area contributed by atoms with Crippen LogP contribution in [0, 0.1) is 41.5 Å². The number of esters is 2. The third-order valence-electron chi connectivity index (χ3n) is 10.8. The van der Waals surface area contributed by atoms with Gasteiger partial charge in [-0.15, -0.1) is 0 Å². The van der Waals surface area contributed by atoms with E-state index in [1.165, 1.54) is 11.1 Å². The molecule has 0 aliphatic carbocycles. The Morgan fingerprint density at radius 3 is 1.20 bits per heavy atom. The molecule has 2 heterocycles. The number of benzene rings is 2.